The van der Waals surface area contributed by atoms with Gasteiger partial charge in [0.1, 0.15) is 0 Å². The highest BCUT2D eigenvalue weighted by molar-refractivity contribution is 6.28. The zero-order chi connectivity index (χ0) is 17.6. The smallest absolute Gasteiger partial charge is 0.0940 e. The molecule has 3 unspecified atom stereocenters. The molecular formula is C22H20Cl2O. The number of hydrogen-bond donors (Lipinski definition) is 1. The summed E-state index contributed by atoms with van der Waals surface area (Å²) in [5, 5.41) is 9.49. The Morgan fingerprint density at radius 1 is 1.04 bits per heavy atom. The highest BCUT2D eigenvalue weighted by Gasteiger charge is 2.43. The molecule has 0 aliphatic heterocycles. The van der Waals surface area contributed by atoms with Crippen LogP contribution in [0.25, 0.3) is 12.2 Å². The highest BCUT2D eigenvalue weighted by Crippen LogP contribution is 2.54. The van der Waals surface area contributed by atoms with Crippen molar-refractivity contribution in [3.8, 4) is 0 Å². The zero-order valence-corrected chi connectivity index (χ0v) is 15.6. The first kappa shape index (κ1) is 16.9. The van der Waals surface area contributed by atoms with Crippen LogP contribution in [0.3, 0.4) is 0 Å². The Hall–Kier alpha value is -1.54. The molecule has 1 nitrogen and oxygen atoms in total. The first-order valence-electron chi connectivity index (χ1n) is 8.62. The number of rotatable bonds is 4. The van der Waals surface area contributed by atoms with Gasteiger partial charge in [-0.1, -0.05) is 67.6 Å². The molecule has 0 bridgehead atoms. The fraction of sp³-hybridized carbons (Fsp3) is 0.273. The summed E-state index contributed by atoms with van der Waals surface area (Å²) in [6.07, 6.45) is 4.86. The lowest BCUT2D eigenvalue weighted by Crippen LogP contribution is -2.25. The number of benzene rings is 2. The van der Waals surface area contributed by atoms with Crippen LogP contribution < -0.4 is 0 Å². The Labute approximate surface area is 158 Å². The minimum absolute atomic E-state index is 0.0471. The van der Waals surface area contributed by atoms with E-state index < -0.39 is 4.87 Å². The van der Waals surface area contributed by atoms with E-state index in [-0.39, 0.29) is 17.9 Å². The van der Waals surface area contributed by atoms with Crippen LogP contribution >= 0.6 is 23.2 Å². The molecular weight excluding hydrogens is 351 g/mol. The topological polar surface area (TPSA) is 20.2 Å². The number of halogens is 2. The molecule has 0 saturated heterocycles. The summed E-state index contributed by atoms with van der Waals surface area (Å²) in [5.74, 6) is 0.103. The predicted molar refractivity (Wildman–Crippen MR) is 106 cm³/mol. The summed E-state index contributed by atoms with van der Waals surface area (Å²) in [6, 6.07) is 16.4. The van der Waals surface area contributed by atoms with Crippen molar-refractivity contribution in [1.29, 1.82) is 0 Å². The predicted octanol–water partition coefficient (Wildman–Crippen LogP) is 5.91. The van der Waals surface area contributed by atoms with E-state index in [0.717, 1.165) is 22.3 Å². The first-order valence-corrected chi connectivity index (χ1v) is 9.43. The highest BCUT2D eigenvalue weighted by atomic mass is 35.5. The van der Waals surface area contributed by atoms with Crippen LogP contribution in [-0.4, -0.2) is 11.7 Å². The monoisotopic (exact) mass is 370 g/mol. The summed E-state index contributed by atoms with van der Waals surface area (Å²) in [6.45, 7) is 2.21. The van der Waals surface area contributed by atoms with E-state index in [0.29, 0.717) is 6.42 Å². The Balaban J connectivity index is 1.75. The van der Waals surface area contributed by atoms with Crippen LogP contribution in [0.2, 0.25) is 0 Å². The quantitative estimate of drug-likeness (QED) is 0.662. The van der Waals surface area contributed by atoms with Crippen molar-refractivity contribution in [1.82, 2.24) is 0 Å². The average molecular weight is 371 g/mol. The van der Waals surface area contributed by atoms with Crippen molar-refractivity contribution in [2.45, 2.75) is 23.6 Å². The molecule has 4 rings (SSSR count). The maximum absolute atomic E-state index is 9.62. The molecule has 2 aromatic carbocycles. The normalized spacial score (nSPS) is 25.2. The zero-order valence-electron chi connectivity index (χ0n) is 14.0. The Morgan fingerprint density at radius 2 is 1.72 bits per heavy atom. The number of fused-ring (bicyclic) bond motifs is 2. The van der Waals surface area contributed by atoms with Gasteiger partial charge < -0.3 is 5.11 Å². The fourth-order valence-corrected chi connectivity index (χ4v) is 5.08. The van der Waals surface area contributed by atoms with Gasteiger partial charge in [0.25, 0.3) is 0 Å². The van der Waals surface area contributed by atoms with Gasteiger partial charge in [-0.05, 0) is 39.8 Å². The third-order valence-electron chi connectivity index (χ3n) is 5.46. The van der Waals surface area contributed by atoms with Crippen molar-refractivity contribution in [2.24, 2.45) is 5.92 Å². The lowest BCUT2D eigenvalue weighted by atomic mass is 9.81. The van der Waals surface area contributed by atoms with Crippen LogP contribution in [0.4, 0.5) is 0 Å². The number of hydrogen-bond acceptors (Lipinski definition) is 1. The Bertz CT molecular complexity index is 883. The fourth-order valence-electron chi connectivity index (χ4n) is 4.15. The molecule has 0 saturated carbocycles. The molecule has 0 spiro atoms. The molecule has 0 fully saturated rings. The van der Waals surface area contributed by atoms with Crippen molar-refractivity contribution in [3.05, 3.63) is 81.9 Å². The molecule has 3 heteroatoms. The maximum atomic E-state index is 9.62. The van der Waals surface area contributed by atoms with Gasteiger partial charge in [-0.3, -0.25) is 0 Å². The van der Waals surface area contributed by atoms with Gasteiger partial charge in [0.05, 0.1) is 10.3 Å². The third kappa shape index (κ3) is 2.57. The molecule has 128 valence electrons. The van der Waals surface area contributed by atoms with E-state index in [1.807, 2.05) is 24.3 Å². The lowest BCUT2D eigenvalue weighted by molar-refractivity contribution is 0.272. The summed E-state index contributed by atoms with van der Waals surface area (Å²) in [5.41, 5.74) is 6.84. The van der Waals surface area contributed by atoms with Gasteiger partial charge in [-0.15, -0.1) is 23.2 Å². The van der Waals surface area contributed by atoms with Crippen molar-refractivity contribution < 1.29 is 5.11 Å². The van der Waals surface area contributed by atoms with Crippen molar-refractivity contribution >= 4 is 35.4 Å². The lowest BCUT2D eigenvalue weighted by Gasteiger charge is -2.31. The third-order valence-corrected chi connectivity index (χ3v) is 6.56. The summed E-state index contributed by atoms with van der Waals surface area (Å²) in [7, 11) is 0. The summed E-state index contributed by atoms with van der Waals surface area (Å²) in [4.78, 5) is -0.670. The van der Waals surface area contributed by atoms with Crippen LogP contribution in [-0.2, 0) is 4.87 Å². The van der Waals surface area contributed by atoms with E-state index in [4.69, 9.17) is 23.2 Å². The van der Waals surface area contributed by atoms with E-state index in [1.54, 1.807) is 0 Å². The van der Waals surface area contributed by atoms with Gasteiger partial charge >= 0.3 is 0 Å². The minimum Gasteiger partial charge on any atom is -0.396 e. The Morgan fingerprint density at radius 3 is 2.44 bits per heavy atom. The minimum atomic E-state index is -0.670. The summed E-state index contributed by atoms with van der Waals surface area (Å²) >= 11 is 13.9. The standard InChI is InChI=1S/C22H20Cl2O/c1-14(18-12-15-6-2-4-8-17(15)21(18)23)20-13-16-7-3-5-9-19(16)22(20,24)10-11-25/h2-9,12-14,21,25H,10-11H2,1H3. The maximum Gasteiger partial charge on any atom is 0.0940 e. The van der Waals surface area contributed by atoms with Gasteiger partial charge in [0.2, 0.25) is 0 Å². The van der Waals surface area contributed by atoms with Gasteiger partial charge in [0, 0.05) is 12.5 Å². The van der Waals surface area contributed by atoms with E-state index in [2.05, 4.69) is 43.3 Å². The van der Waals surface area contributed by atoms with Gasteiger partial charge in [-0.25, -0.2) is 0 Å². The molecule has 2 aromatic rings. The number of aliphatic hydroxyl groups is 1. The second kappa shape index (κ2) is 6.32. The second-order valence-corrected chi connectivity index (χ2v) is 7.90. The van der Waals surface area contributed by atoms with E-state index in [9.17, 15) is 5.11 Å². The molecule has 1 N–H and O–H groups in total. The van der Waals surface area contributed by atoms with Crippen molar-refractivity contribution in [3.63, 3.8) is 0 Å². The van der Waals surface area contributed by atoms with Gasteiger partial charge in [0.15, 0.2) is 0 Å². The van der Waals surface area contributed by atoms with Crippen LogP contribution in [0, 0.1) is 5.92 Å². The van der Waals surface area contributed by atoms with Gasteiger partial charge in [-0.2, -0.15) is 0 Å². The van der Waals surface area contributed by atoms with E-state index in [1.165, 1.54) is 11.1 Å². The van der Waals surface area contributed by atoms with Crippen LogP contribution in [0.15, 0.2) is 59.7 Å². The molecule has 0 aromatic heterocycles. The first-order chi connectivity index (χ1) is 12.1. The molecule has 25 heavy (non-hydrogen) atoms. The molecule has 2 aliphatic rings. The molecule has 2 aliphatic carbocycles. The molecule has 3 atom stereocenters. The van der Waals surface area contributed by atoms with Crippen LogP contribution in [0.1, 0.15) is 41.0 Å². The largest absolute Gasteiger partial charge is 0.396 e. The molecule has 0 radical (unpaired) electrons. The average Bonchev–Trinajstić information content (AvgIpc) is 3.11. The SMILES string of the molecule is CC(C1=Cc2ccccc2C1Cl)C1=Cc2ccccc2C1(Cl)CCO. The summed E-state index contributed by atoms with van der Waals surface area (Å²) < 4.78 is 0. The van der Waals surface area contributed by atoms with E-state index >= 15 is 0 Å². The second-order valence-electron chi connectivity index (χ2n) is 6.82. The number of allylic oxidation sites excluding steroid dienone is 2. The molecule has 0 amide bonds. The van der Waals surface area contributed by atoms with Crippen LogP contribution in [0.5, 0.6) is 0 Å². The van der Waals surface area contributed by atoms with Crippen molar-refractivity contribution in [2.75, 3.05) is 6.61 Å². The Kier molecular flexibility index (Phi) is 4.27. The molecule has 0 heterocycles. The number of aliphatic hydroxyl groups excluding tert-OH is 1. The number of alkyl halides is 2.